The van der Waals surface area contributed by atoms with Crippen molar-refractivity contribution >= 4 is 34.0 Å². The fraction of sp³-hybridized carbons (Fsp3) is 0.261. The summed E-state index contributed by atoms with van der Waals surface area (Å²) in [7, 11) is 0. The first-order valence-corrected chi connectivity index (χ1v) is 9.94. The lowest BCUT2D eigenvalue weighted by Crippen LogP contribution is -2.14. The molecule has 0 bridgehead atoms. The van der Waals surface area contributed by atoms with Gasteiger partial charge >= 0.3 is 5.97 Å². The van der Waals surface area contributed by atoms with Crippen molar-refractivity contribution < 1.29 is 13.9 Å². The highest BCUT2D eigenvalue weighted by Crippen LogP contribution is 2.29. The van der Waals surface area contributed by atoms with E-state index in [0.29, 0.717) is 35.3 Å². The summed E-state index contributed by atoms with van der Waals surface area (Å²) in [5, 5.41) is 0. The Morgan fingerprint density at radius 3 is 2.47 bits per heavy atom. The van der Waals surface area contributed by atoms with Crippen molar-refractivity contribution in [3.8, 4) is 0 Å². The Kier molecular flexibility index (Phi) is 5.35. The topological polar surface area (TPSA) is 83.0 Å². The number of hydrogen-bond acceptors (Lipinski definition) is 5. The highest BCUT2D eigenvalue weighted by atomic mass is 19.1. The first-order chi connectivity index (χ1) is 14.5. The largest absolute Gasteiger partial charge is 0.462 e. The predicted octanol–water partition coefficient (Wildman–Crippen LogP) is 4.56. The Morgan fingerprint density at radius 2 is 1.80 bits per heavy atom. The van der Waals surface area contributed by atoms with E-state index < -0.39 is 5.97 Å². The average molecular weight is 406 g/mol. The molecule has 1 unspecified atom stereocenters. The molecule has 2 aromatic carbocycles. The Labute approximate surface area is 173 Å². The number of ether oxygens (including phenoxy) is 1. The van der Waals surface area contributed by atoms with Gasteiger partial charge in [-0.25, -0.2) is 19.2 Å². The highest BCUT2D eigenvalue weighted by Gasteiger charge is 2.25. The van der Waals surface area contributed by atoms with Gasteiger partial charge in [-0.05, 0) is 35.7 Å². The minimum Gasteiger partial charge on any atom is -0.462 e. The van der Waals surface area contributed by atoms with E-state index in [1.54, 1.807) is 16.7 Å². The third-order valence-corrected chi connectivity index (χ3v) is 5.25. The molecule has 0 fully saturated rings. The molecule has 1 atom stereocenters. The minimum absolute atomic E-state index is 0.216. The van der Waals surface area contributed by atoms with E-state index in [0.717, 1.165) is 12.0 Å². The van der Waals surface area contributed by atoms with E-state index >= 15 is 0 Å². The molecule has 7 heteroatoms. The number of anilines is 1. The summed E-state index contributed by atoms with van der Waals surface area (Å²) in [6.45, 7) is 4.69. The molecule has 0 saturated carbocycles. The molecule has 30 heavy (non-hydrogen) atoms. The Hall–Kier alpha value is -3.48. The molecule has 2 aromatic heterocycles. The lowest BCUT2D eigenvalue weighted by atomic mass is 10.1. The second-order valence-corrected chi connectivity index (χ2v) is 7.47. The van der Waals surface area contributed by atoms with Crippen LogP contribution in [0.2, 0.25) is 0 Å². The van der Waals surface area contributed by atoms with Gasteiger partial charge in [0.05, 0.1) is 24.2 Å². The molecular weight excluding hydrogens is 383 g/mol. The van der Waals surface area contributed by atoms with Crippen LogP contribution in [0.5, 0.6) is 0 Å². The summed E-state index contributed by atoms with van der Waals surface area (Å²) >= 11 is 0. The minimum atomic E-state index is -0.514. The van der Waals surface area contributed by atoms with Crippen LogP contribution in [0.3, 0.4) is 0 Å². The fourth-order valence-corrected chi connectivity index (χ4v) is 3.26. The number of fused-ring (bicyclic) bond motifs is 2. The maximum Gasteiger partial charge on any atom is 0.344 e. The summed E-state index contributed by atoms with van der Waals surface area (Å²) < 4.78 is 20.5. The van der Waals surface area contributed by atoms with Gasteiger partial charge in [-0.2, -0.15) is 0 Å². The molecule has 2 N–H and O–H groups in total. The summed E-state index contributed by atoms with van der Waals surface area (Å²) in [6, 6.07) is 13.6. The number of nitrogens with zero attached hydrogens (tertiary/aromatic N) is 3. The zero-order chi connectivity index (χ0) is 21.3. The first-order valence-electron chi connectivity index (χ1n) is 9.94. The van der Waals surface area contributed by atoms with Crippen molar-refractivity contribution in [1.29, 1.82) is 0 Å². The maximum absolute atomic E-state index is 13.3. The molecule has 0 radical (unpaired) electrons. The second kappa shape index (κ2) is 8.10. The highest BCUT2D eigenvalue weighted by molar-refractivity contribution is 6.08. The molecule has 4 aromatic rings. The number of nitrogens with two attached hydrogens (primary N) is 1. The zero-order valence-electron chi connectivity index (χ0n) is 16.9. The van der Waals surface area contributed by atoms with Crippen LogP contribution in [0.1, 0.15) is 36.2 Å². The van der Waals surface area contributed by atoms with Crippen molar-refractivity contribution in [1.82, 2.24) is 14.5 Å². The van der Waals surface area contributed by atoms with Gasteiger partial charge in [-0.15, -0.1) is 0 Å². The number of nitrogen functional groups attached to an aromatic ring is 1. The summed E-state index contributed by atoms with van der Waals surface area (Å²) in [5.74, 6) is -0.349. The Morgan fingerprint density at radius 1 is 1.13 bits per heavy atom. The van der Waals surface area contributed by atoms with E-state index in [2.05, 4.69) is 4.98 Å². The number of rotatable bonds is 6. The molecule has 0 aliphatic carbocycles. The van der Waals surface area contributed by atoms with Crippen LogP contribution >= 0.6 is 0 Å². The normalized spacial score (nSPS) is 12.4. The van der Waals surface area contributed by atoms with Crippen molar-refractivity contribution in [3.63, 3.8) is 0 Å². The molecule has 0 amide bonds. The van der Waals surface area contributed by atoms with Crippen molar-refractivity contribution in [2.24, 2.45) is 5.92 Å². The predicted molar refractivity (Wildman–Crippen MR) is 115 cm³/mol. The van der Waals surface area contributed by atoms with Crippen molar-refractivity contribution in [3.05, 3.63) is 65.5 Å². The Bertz CT molecular complexity index is 1220. The van der Waals surface area contributed by atoms with Gasteiger partial charge in [0.2, 0.25) is 0 Å². The number of esters is 1. The van der Waals surface area contributed by atoms with Crippen LogP contribution in [-0.2, 0) is 11.3 Å². The molecule has 154 valence electrons. The van der Waals surface area contributed by atoms with E-state index in [1.165, 1.54) is 12.1 Å². The van der Waals surface area contributed by atoms with E-state index in [-0.39, 0.29) is 23.1 Å². The van der Waals surface area contributed by atoms with Crippen LogP contribution in [0.4, 0.5) is 10.2 Å². The number of carbonyl (C=O) groups is 1. The van der Waals surface area contributed by atoms with Gasteiger partial charge in [-0.3, -0.25) is 0 Å². The summed E-state index contributed by atoms with van der Waals surface area (Å²) in [6.07, 6.45) is 0.902. The zero-order valence-corrected chi connectivity index (χ0v) is 16.9. The van der Waals surface area contributed by atoms with Gasteiger partial charge in [0.15, 0.2) is 5.65 Å². The molecule has 0 saturated heterocycles. The number of para-hydroxylation sites is 2. The summed E-state index contributed by atoms with van der Waals surface area (Å²) in [4.78, 5) is 22.3. The number of aromatic nitrogens is 3. The number of carbonyl (C=O) groups excluding carboxylic acids is 1. The lowest BCUT2D eigenvalue weighted by Gasteiger charge is -2.10. The monoisotopic (exact) mass is 406 g/mol. The van der Waals surface area contributed by atoms with Crippen LogP contribution < -0.4 is 5.73 Å². The SMILES string of the molecule is CCC(C)COC(=O)c1c(N)n(Cc2ccc(F)cc2)c2nc3ccccc3nc12. The molecule has 0 aliphatic rings. The second-order valence-electron chi connectivity index (χ2n) is 7.47. The maximum atomic E-state index is 13.3. The van der Waals surface area contributed by atoms with Gasteiger partial charge in [-0.1, -0.05) is 44.5 Å². The van der Waals surface area contributed by atoms with E-state index in [9.17, 15) is 9.18 Å². The molecule has 0 aliphatic heterocycles. The van der Waals surface area contributed by atoms with Gasteiger partial charge < -0.3 is 15.0 Å². The van der Waals surface area contributed by atoms with Crippen LogP contribution in [-0.4, -0.2) is 27.1 Å². The molecular formula is C23H23FN4O2. The van der Waals surface area contributed by atoms with E-state index in [4.69, 9.17) is 15.5 Å². The van der Waals surface area contributed by atoms with Gasteiger partial charge in [0.1, 0.15) is 22.7 Å². The molecule has 6 nitrogen and oxygen atoms in total. The average Bonchev–Trinajstić information content (AvgIpc) is 3.02. The Balaban J connectivity index is 1.85. The number of hydrogen-bond donors (Lipinski definition) is 1. The number of benzene rings is 2. The van der Waals surface area contributed by atoms with Crippen molar-refractivity contribution in [2.45, 2.75) is 26.8 Å². The quantitative estimate of drug-likeness (QED) is 0.475. The standard InChI is InChI=1S/C23H23FN4O2/c1-3-14(2)13-30-23(29)19-20-22(27-18-7-5-4-6-17(18)26-20)28(21(19)25)12-15-8-10-16(24)11-9-15/h4-11,14H,3,12-13,25H2,1-2H3. The fourth-order valence-electron chi connectivity index (χ4n) is 3.26. The smallest absolute Gasteiger partial charge is 0.344 e. The molecule has 2 heterocycles. The van der Waals surface area contributed by atoms with Gasteiger partial charge in [0.25, 0.3) is 0 Å². The third-order valence-electron chi connectivity index (χ3n) is 5.25. The summed E-state index contributed by atoms with van der Waals surface area (Å²) in [5.41, 5.74) is 9.71. The third kappa shape index (κ3) is 3.70. The van der Waals surface area contributed by atoms with Crippen LogP contribution in [0.15, 0.2) is 48.5 Å². The molecule has 0 spiro atoms. The van der Waals surface area contributed by atoms with Crippen molar-refractivity contribution in [2.75, 3.05) is 12.3 Å². The van der Waals surface area contributed by atoms with E-state index in [1.807, 2.05) is 38.1 Å². The first kappa shape index (κ1) is 19.8. The van der Waals surface area contributed by atoms with Crippen LogP contribution in [0.25, 0.3) is 22.2 Å². The molecule has 4 rings (SSSR count). The number of halogens is 1. The lowest BCUT2D eigenvalue weighted by molar-refractivity contribution is 0.0450. The van der Waals surface area contributed by atoms with Gasteiger partial charge in [0, 0.05) is 0 Å². The van der Waals surface area contributed by atoms with Crippen LogP contribution in [0, 0.1) is 11.7 Å².